The number of benzene rings is 1. The second-order valence-corrected chi connectivity index (χ2v) is 8.11. The molecule has 1 amide bonds. The summed E-state index contributed by atoms with van der Waals surface area (Å²) in [5, 5.41) is 0. The number of nitrogens with zero attached hydrogens (tertiary/aromatic N) is 3. The van der Waals surface area contributed by atoms with Crippen molar-refractivity contribution in [3.63, 3.8) is 0 Å². The van der Waals surface area contributed by atoms with E-state index in [1.165, 1.54) is 31.5 Å². The van der Waals surface area contributed by atoms with Crippen molar-refractivity contribution in [2.24, 2.45) is 5.92 Å². The summed E-state index contributed by atoms with van der Waals surface area (Å²) in [6, 6.07) is 9.35. The Morgan fingerprint density at radius 1 is 1.19 bits per heavy atom. The minimum atomic E-state index is 0.300. The molecule has 0 N–H and O–H groups in total. The number of piperidine rings is 3. The van der Waals surface area contributed by atoms with Gasteiger partial charge in [0, 0.05) is 18.5 Å². The van der Waals surface area contributed by atoms with Crippen LogP contribution in [0.4, 0.5) is 0 Å². The molecular weight excluding hydrogens is 326 g/mol. The molecule has 0 saturated carbocycles. The Hall–Kier alpha value is -1.59. The number of carbonyl (C=O) groups excluding carboxylic acids is 1. The number of methoxy groups -OCH3 is 1. The average molecular weight is 357 g/mol. The fourth-order valence-electron chi connectivity index (χ4n) is 5.28. The molecule has 5 nitrogen and oxygen atoms in total. The SMILES string of the molecule is CCN(C)CC(=O)N1C[C@@H](c2ccc(OC)cc2)[C@@H]2[C@H]1C1CCN2CC1. The first-order valence-corrected chi connectivity index (χ1v) is 9.98. The number of carbonyl (C=O) groups is 1. The third-order valence-electron chi connectivity index (χ3n) is 6.80. The van der Waals surface area contributed by atoms with Crippen molar-refractivity contribution in [1.82, 2.24) is 14.7 Å². The highest BCUT2D eigenvalue weighted by Gasteiger charge is 2.54. The number of likely N-dealkylation sites (N-methyl/N-ethyl adjacent to an activating group) is 1. The predicted molar refractivity (Wildman–Crippen MR) is 102 cm³/mol. The van der Waals surface area contributed by atoms with E-state index in [2.05, 4.69) is 45.9 Å². The van der Waals surface area contributed by atoms with Gasteiger partial charge in [-0.2, -0.15) is 0 Å². The number of fused-ring (bicyclic) bond motifs is 2. The lowest BCUT2D eigenvalue weighted by atomic mass is 9.75. The highest BCUT2D eigenvalue weighted by molar-refractivity contribution is 5.79. The number of rotatable bonds is 5. The highest BCUT2D eigenvalue weighted by atomic mass is 16.5. The van der Waals surface area contributed by atoms with Gasteiger partial charge in [-0.3, -0.25) is 14.6 Å². The van der Waals surface area contributed by atoms with Crippen molar-refractivity contribution < 1.29 is 9.53 Å². The van der Waals surface area contributed by atoms with Crippen molar-refractivity contribution in [2.75, 3.05) is 46.9 Å². The summed E-state index contributed by atoms with van der Waals surface area (Å²) >= 11 is 0. The maximum atomic E-state index is 13.1. The molecule has 5 heteroatoms. The van der Waals surface area contributed by atoms with E-state index in [0.717, 1.165) is 18.8 Å². The van der Waals surface area contributed by atoms with Crippen LogP contribution >= 0.6 is 0 Å². The van der Waals surface area contributed by atoms with Gasteiger partial charge in [-0.05, 0) is 63.1 Å². The van der Waals surface area contributed by atoms with Crippen LogP contribution in [0.25, 0.3) is 0 Å². The average Bonchev–Trinajstić information content (AvgIpc) is 3.12. The van der Waals surface area contributed by atoms with Crippen molar-refractivity contribution in [3.8, 4) is 5.75 Å². The molecule has 142 valence electrons. The van der Waals surface area contributed by atoms with E-state index < -0.39 is 0 Å². The molecule has 4 saturated heterocycles. The second-order valence-electron chi connectivity index (χ2n) is 8.11. The molecule has 2 bridgehead atoms. The molecule has 26 heavy (non-hydrogen) atoms. The standard InChI is InChI=1S/C21H31N3O2/c1-4-22(2)14-19(25)24-13-18(15-5-7-17(26-3)8-6-15)21-20(24)16-9-11-23(21)12-10-16/h5-8,16,18,20-21H,4,9-14H2,1-3H3/t18-,20+,21+/m0/s1. The van der Waals surface area contributed by atoms with E-state index in [1.54, 1.807) is 7.11 Å². The summed E-state index contributed by atoms with van der Waals surface area (Å²) in [5.41, 5.74) is 1.34. The quantitative estimate of drug-likeness (QED) is 0.808. The third kappa shape index (κ3) is 3.01. The Kier molecular flexibility index (Phi) is 4.93. The molecule has 0 spiro atoms. The predicted octanol–water partition coefficient (Wildman–Crippen LogP) is 2.04. The van der Waals surface area contributed by atoms with Gasteiger partial charge in [-0.25, -0.2) is 0 Å². The molecule has 0 unspecified atom stereocenters. The van der Waals surface area contributed by atoms with E-state index >= 15 is 0 Å². The van der Waals surface area contributed by atoms with E-state index in [1.807, 2.05) is 7.05 Å². The molecule has 0 radical (unpaired) electrons. The molecule has 3 atom stereocenters. The summed E-state index contributed by atoms with van der Waals surface area (Å²) in [7, 11) is 3.74. The molecule has 5 rings (SSSR count). The zero-order valence-corrected chi connectivity index (χ0v) is 16.2. The Balaban J connectivity index is 1.62. The monoisotopic (exact) mass is 357 g/mol. The zero-order chi connectivity index (χ0) is 18.3. The van der Waals surface area contributed by atoms with Gasteiger partial charge in [-0.15, -0.1) is 0 Å². The minimum absolute atomic E-state index is 0.300. The third-order valence-corrected chi connectivity index (χ3v) is 6.80. The van der Waals surface area contributed by atoms with Crippen LogP contribution in [-0.2, 0) is 4.79 Å². The fraction of sp³-hybridized carbons (Fsp3) is 0.667. The molecule has 4 aliphatic rings. The Morgan fingerprint density at radius 2 is 1.88 bits per heavy atom. The molecular formula is C21H31N3O2. The van der Waals surface area contributed by atoms with Crippen LogP contribution in [0.5, 0.6) is 5.75 Å². The van der Waals surface area contributed by atoms with Crippen molar-refractivity contribution in [1.29, 1.82) is 0 Å². The normalized spacial score (nSPS) is 32.8. The lowest BCUT2D eigenvalue weighted by Crippen LogP contribution is -2.61. The van der Waals surface area contributed by atoms with Crippen LogP contribution in [0.1, 0.15) is 31.2 Å². The van der Waals surface area contributed by atoms with E-state index in [0.29, 0.717) is 36.4 Å². The van der Waals surface area contributed by atoms with E-state index in [-0.39, 0.29) is 0 Å². The van der Waals surface area contributed by atoms with Crippen molar-refractivity contribution in [3.05, 3.63) is 29.8 Å². The first-order chi connectivity index (χ1) is 12.6. The van der Waals surface area contributed by atoms with Gasteiger partial charge in [0.1, 0.15) is 5.75 Å². The summed E-state index contributed by atoms with van der Waals surface area (Å²) in [6.45, 7) is 6.78. The van der Waals surface area contributed by atoms with Gasteiger partial charge in [0.25, 0.3) is 0 Å². The van der Waals surface area contributed by atoms with Crippen LogP contribution in [0, 0.1) is 5.92 Å². The molecule has 4 heterocycles. The topological polar surface area (TPSA) is 36.0 Å². The summed E-state index contributed by atoms with van der Waals surface area (Å²) < 4.78 is 5.32. The number of ether oxygens (including phenoxy) is 1. The second kappa shape index (κ2) is 7.20. The summed E-state index contributed by atoms with van der Waals surface area (Å²) in [5.74, 6) is 2.27. The summed E-state index contributed by atoms with van der Waals surface area (Å²) in [4.78, 5) is 20.1. The first-order valence-electron chi connectivity index (χ1n) is 9.98. The van der Waals surface area contributed by atoms with Gasteiger partial charge >= 0.3 is 0 Å². The largest absolute Gasteiger partial charge is 0.497 e. The molecule has 4 fully saturated rings. The Bertz CT molecular complexity index is 639. The van der Waals surface area contributed by atoms with Crippen molar-refractivity contribution >= 4 is 5.91 Å². The van der Waals surface area contributed by atoms with Gasteiger partial charge in [-0.1, -0.05) is 19.1 Å². The number of likely N-dealkylation sites (tertiary alicyclic amines) is 1. The minimum Gasteiger partial charge on any atom is -0.497 e. The maximum absolute atomic E-state index is 13.1. The fourth-order valence-corrected chi connectivity index (χ4v) is 5.28. The van der Waals surface area contributed by atoms with Crippen molar-refractivity contribution in [2.45, 2.75) is 37.8 Å². The molecule has 1 aromatic carbocycles. The van der Waals surface area contributed by atoms with Crippen LogP contribution in [0.15, 0.2) is 24.3 Å². The first kappa shape index (κ1) is 17.8. The molecule has 0 aliphatic carbocycles. The van der Waals surface area contributed by atoms with Gasteiger partial charge in [0.05, 0.1) is 19.7 Å². The van der Waals surface area contributed by atoms with Gasteiger partial charge in [0.2, 0.25) is 5.91 Å². The summed E-state index contributed by atoms with van der Waals surface area (Å²) in [6.07, 6.45) is 2.48. The van der Waals surface area contributed by atoms with E-state index in [4.69, 9.17) is 4.74 Å². The lowest BCUT2D eigenvalue weighted by molar-refractivity contribution is -0.136. The number of amides is 1. The number of hydrogen-bond donors (Lipinski definition) is 0. The van der Waals surface area contributed by atoms with Gasteiger partial charge in [0.15, 0.2) is 0 Å². The molecule has 0 aromatic heterocycles. The van der Waals surface area contributed by atoms with Crippen LogP contribution in [-0.4, -0.2) is 79.6 Å². The van der Waals surface area contributed by atoms with Crippen LogP contribution in [0.2, 0.25) is 0 Å². The van der Waals surface area contributed by atoms with Crippen LogP contribution in [0.3, 0.4) is 0 Å². The lowest BCUT2D eigenvalue weighted by Gasteiger charge is -2.51. The van der Waals surface area contributed by atoms with Crippen LogP contribution < -0.4 is 4.74 Å². The smallest absolute Gasteiger partial charge is 0.237 e. The maximum Gasteiger partial charge on any atom is 0.237 e. The highest BCUT2D eigenvalue weighted by Crippen LogP contribution is 2.46. The Morgan fingerprint density at radius 3 is 2.50 bits per heavy atom. The molecule has 4 aliphatic heterocycles. The van der Waals surface area contributed by atoms with Gasteiger partial charge < -0.3 is 9.64 Å². The zero-order valence-electron chi connectivity index (χ0n) is 16.2. The number of hydrogen-bond acceptors (Lipinski definition) is 4. The van der Waals surface area contributed by atoms with E-state index in [9.17, 15) is 4.79 Å². The molecule has 1 aromatic rings. The Labute approximate surface area is 156 Å².